The molecular formula is C16H20O4. The third kappa shape index (κ3) is 1.52. The second kappa shape index (κ2) is 3.95. The van der Waals surface area contributed by atoms with Crippen molar-refractivity contribution in [3.8, 4) is 0 Å². The molecule has 1 saturated heterocycles. The molecule has 0 radical (unpaired) electrons. The van der Waals surface area contributed by atoms with E-state index in [-0.39, 0.29) is 17.1 Å². The lowest BCUT2D eigenvalue weighted by atomic mass is 9.58. The molecular weight excluding hydrogens is 256 g/mol. The number of carbonyl (C=O) groups excluding carboxylic acids is 1. The third-order valence-electron chi connectivity index (χ3n) is 5.58. The fourth-order valence-corrected chi connectivity index (χ4v) is 4.13. The van der Waals surface area contributed by atoms with Gasteiger partial charge in [0.25, 0.3) is 0 Å². The van der Waals surface area contributed by atoms with E-state index >= 15 is 0 Å². The Kier molecular flexibility index (Phi) is 2.49. The highest BCUT2D eigenvalue weighted by Gasteiger charge is 2.56. The highest BCUT2D eigenvalue weighted by Crippen LogP contribution is 2.53. The van der Waals surface area contributed by atoms with Crippen molar-refractivity contribution in [3.05, 3.63) is 23.2 Å². The fraction of sp³-hybridized carbons (Fsp3) is 0.688. The van der Waals surface area contributed by atoms with E-state index in [4.69, 9.17) is 13.9 Å². The minimum Gasteiger partial charge on any atom is -0.461 e. The van der Waals surface area contributed by atoms with Crippen LogP contribution in [-0.2, 0) is 15.9 Å². The van der Waals surface area contributed by atoms with E-state index in [9.17, 15) is 4.79 Å². The van der Waals surface area contributed by atoms with E-state index in [0.29, 0.717) is 19.0 Å². The predicted octanol–water partition coefficient (Wildman–Crippen LogP) is 2.88. The molecule has 0 bridgehead atoms. The summed E-state index contributed by atoms with van der Waals surface area (Å²) in [6.45, 7) is 5.45. The van der Waals surface area contributed by atoms with E-state index < -0.39 is 5.79 Å². The number of fused-ring (bicyclic) bond motifs is 2. The lowest BCUT2D eigenvalue weighted by molar-refractivity contribution is -0.201. The number of rotatable bonds is 0. The zero-order valence-corrected chi connectivity index (χ0v) is 12.0. The zero-order valence-electron chi connectivity index (χ0n) is 12.0. The van der Waals surface area contributed by atoms with Gasteiger partial charge in [0, 0.05) is 23.8 Å². The van der Waals surface area contributed by atoms with Crippen molar-refractivity contribution in [3.63, 3.8) is 0 Å². The molecule has 2 heterocycles. The molecule has 4 nitrogen and oxygen atoms in total. The summed E-state index contributed by atoms with van der Waals surface area (Å²) in [5.74, 6) is 0.611. The summed E-state index contributed by atoms with van der Waals surface area (Å²) in [4.78, 5) is 12.8. The first-order chi connectivity index (χ1) is 9.54. The summed E-state index contributed by atoms with van der Waals surface area (Å²) >= 11 is 0. The summed E-state index contributed by atoms with van der Waals surface area (Å²) in [6, 6.07) is 0. The zero-order chi connectivity index (χ0) is 14.0. The van der Waals surface area contributed by atoms with E-state index in [1.807, 2.05) is 6.92 Å². The van der Waals surface area contributed by atoms with Crippen LogP contribution in [0.2, 0.25) is 0 Å². The Balaban J connectivity index is 1.73. The average Bonchev–Trinajstić information content (AvgIpc) is 3.02. The van der Waals surface area contributed by atoms with Crippen LogP contribution in [0.1, 0.15) is 47.9 Å². The number of ether oxygens (including phenoxy) is 2. The van der Waals surface area contributed by atoms with Gasteiger partial charge >= 0.3 is 0 Å². The normalized spacial score (nSPS) is 35.1. The van der Waals surface area contributed by atoms with Crippen molar-refractivity contribution < 1.29 is 18.7 Å². The molecule has 4 heteroatoms. The number of carbonyl (C=O) groups is 1. The highest BCUT2D eigenvalue weighted by atomic mass is 16.7. The first kappa shape index (κ1) is 12.6. The standard InChI is InChI=1S/C16H20O4/c1-10-9-18-13-12(10)7-11-8-16(19-5-6-20-16)4-3-15(11,2)14(13)17/h9,11H,3-8H2,1-2H3/t11-,15+/m1/s1. The lowest BCUT2D eigenvalue weighted by Gasteiger charge is -2.48. The molecule has 1 aliphatic heterocycles. The SMILES string of the molecule is Cc1coc2c1C[C@@H]1CC3(CC[C@]1(C)C2=O)OCCO3. The molecule has 0 N–H and O–H groups in total. The van der Waals surface area contributed by atoms with Gasteiger partial charge in [-0.3, -0.25) is 4.79 Å². The maximum Gasteiger partial charge on any atom is 0.204 e. The van der Waals surface area contributed by atoms with Crippen LogP contribution < -0.4 is 0 Å². The molecule has 1 aromatic heterocycles. The largest absolute Gasteiger partial charge is 0.461 e. The van der Waals surface area contributed by atoms with Gasteiger partial charge in [-0.2, -0.15) is 0 Å². The van der Waals surface area contributed by atoms with Crippen molar-refractivity contribution in [1.82, 2.24) is 0 Å². The minimum atomic E-state index is -0.431. The first-order valence-electron chi connectivity index (χ1n) is 7.44. The minimum absolute atomic E-state index is 0.171. The van der Waals surface area contributed by atoms with Gasteiger partial charge in [-0.1, -0.05) is 6.92 Å². The van der Waals surface area contributed by atoms with Crippen LogP contribution in [0, 0.1) is 18.3 Å². The molecule has 20 heavy (non-hydrogen) atoms. The van der Waals surface area contributed by atoms with Crippen LogP contribution in [0.15, 0.2) is 10.7 Å². The van der Waals surface area contributed by atoms with Gasteiger partial charge < -0.3 is 13.9 Å². The van der Waals surface area contributed by atoms with Crippen molar-refractivity contribution in [2.45, 2.75) is 45.3 Å². The topological polar surface area (TPSA) is 48.7 Å². The van der Waals surface area contributed by atoms with Crippen LogP contribution in [-0.4, -0.2) is 24.8 Å². The number of hydrogen-bond acceptors (Lipinski definition) is 4. The highest BCUT2D eigenvalue weighted by molar-refractivity contribution is 6.00. The van der Waals surface area contributed by atoms with E-state index in [2.05, 4.69) is 6.92 Å². The Labute approximate surface area is 118 Å². The monoisotopic (exact) mass is 276 g/mol. The van der Waals surface area contributed by atoms with Gasteiger partial charge in [-0.05, 0) is 31.2 Å². The summed E-state index contributed by atoms with van der Waals surface area (Å²) in [7, 11) is 0. The molecule has 3 aliphatic rings. The summed E-state index contributed by atoms with van der Waals surface area (Å²) in [5.41, 5.74) is 1.86. The molecule has 0 aromatic carbocycles. The number of Topliss-reactive ketones (excluding diaryl/α,β-unsaturated/α-hetero) is 1. The van der Waals surface area contributed by atoms with Crippen molar-refractivity contribution in [1.29, 1.82) is 0 Å². The molecule has 1 spiro atoms. The first-order valence-corrected chi connectivity index (χ1v) is 7.44. The second-order valence-electron chi connectivity index (χ2n) is 6.69. The lowest BCUT2D eigenvalue weighted by Crippen LogP contribution is -2.51. The Bertz CT molecular complexity index is 567. The molecule has 1 aromatic rings. The molecule has 2 atom stereocenters. The summed E-state index contributed by atoms with van der Waals surface area (Å²) in [5, 5.41) is 0. The Morgan fingerprint density at radius 1 is 1.25 bits per heavy atom. The van der Waals surface area contributed by atoms with Gasteiger partial charge in [0.1, 0.15) is 0 Å². The summed E-state index contributed by atoms with van der Waals surface area (Å²) in [6.07, 6.45) is 5.05. The van der Waals surface area contributed by atoms with Gasteiger partial charge in [0.2, 0.25) is 5.78 Å². The maximum absolute atomic E-state index is 12.8. The van der Waals surface area contributed by atoms with Crippen LogP contribution >= 0.6 is 0 Å². The van der Waals surface area contributed by atoms with Gasteiger partial charge in [-0.15, -0.1) is 0 Å². The predicted molar refractivity (Wildman–Crippen MR) is 71.6 cm³/mol. The van der Waals surface area contributed by atoms with Crippen LogP contribution in [0.5, 0.6) is 0 Å². The number of hydrogen-bond donors (Lipinski definition) is 0. The summed E-state index contributed by atoms with van der Waals surface area (Å²) < 4.78 is 17.2. The van der Waals surface area contributed by atoms with Gasteiger partial charge in [0.15, 0.2) is 11.5 Å². The quantitative estimate of drug-likeness (QED) is 0.731. The third-order valence-corrected chi connectivity index (χ3v) is 5.58. The molecule has 2 fully saturated rings. The smallest absolute Gasteiger partial charge is 0.204 e. The molecule has 0 unspecified atom stereocenters. The number of ketones is 1. The molecule has 108 valence electrons. The fourth-order valence-electron chi connectivity index (χ4n) is 4.13. The Hall–Kier alpha value is -1.13. The second-order valence-corrected chi connectivity index (χ2v) is 6.69. The Morgan fingerprint density at radius 3 is 2.75 bits per heavy atom. The van der Waals surface area contributed by atoms with E-state index in [1.165, 1.54) is 0 Å². The molecule has 1 saturated carbocycles. The maximum atomic E-state index is 12.8. The molecule has 2 aliphatic carbocycles. The van der Waals surface area contributed by atoms with E-state index in [1.54, 1.807) is 6.26 Å². The number of aryl methyl sites for hydroxylation is 1. The number of furan rings is 1. The van der Waals surface area contributed by atoms with Gasteiger partial charge in [0.05, 0.1) is 19.5 Å². The van der Waals surface area contributed by atoms with Crippen LogP contribution in [0.4, 0.5) is 0 Å². The molecule has 0 amide bonds. The average molecular weight is 276 g/mol. The van der Waals surface area contributed by atoms with Gasteiger partial charge in [-0.25, -0.2) is 0 Å². The van der Waals surface area contributed by atoms with E-state index in [0.717, 1.165) is 36.8 Å². The van der Waals surface area contributed by atoms with Crippen LogP contribution in [0.25, 0.3) is 0 Å². The Morgan fingerprint density at radius 2 is 2.00 bits per heavy atom. The van der Waals surface area contributed by atoms with Crippen molar-refractivity contribution in [2.75, 3.05) is 13.2 Å². The van der Waals surface area contributed by atoms with Crippen molar-refractivity contribution in [2.24, 2.45) is 11.3 Å². The van der Waals surface area contributed by atoms with Crippen LogP contribution in [0.3, 0.4) is 0 Å². The molecule has 4 rings (SSSR count). The van der Waals surface area contributed by atoms with Crippen molar-refractivity contribution >= 4 is 5.78 Å².